The van der Waals surface area contributed by atoms with Crippen molar-refractivity contribution in [2.75, 3.05) is 77.1 Å². The number of benzene rings is 2. The number of anilines is 2. The number of likely N-dealkylation sites (N-methyl/N-ethyl adjacent to an activating group) is 2. The standard InChI is InChI=1S/C36H52FN7O4.C35H50FN7O4/c1-23(2)44-31(15-16-38-44)32(45)22-28(25-9-7-5-6-8-10-25)34(46)40-30-14-11-26(21-29(30)37)24(3)33(41-36(48)39-27-12-13-27)35(47)43-19-17-42(4)18-20-43;1-4-43-30(15-16-37-43)31(44)22-27(24-9-7-5-6-8-10-24)33(45)39-29-14-11-25(21-28(29)36)23(2)32(40-35(47)38-26-12-13-26)34(46)42-19-17-41(3)18-20-42/h11,14-16,21,23-25,27-28,33H,5-10,12-13,17-20,22H2,1-4H3,(H,40,46)(H2,39,41,48);11,14-16,21,23-24,26-27,32H,4-10,12-13,17-20,22H2,1-3H3,(H,39,45)(H2,38,40,47)/t24-,28-,33+;23-,27-,32+/m00/s1. The quantitative estimate of drug-likeness (QED) is 0.0283. The van der Waals surface area contributed by atoms with Crippen LogP contribution in [-0.2, 0) is 25.7 Å². The van der Waals surface area contributed by atoms with Crippen LogP contribution in [0.15, 0.2) is 60.9 Å². The average molecular weight is 1320 g/mol. The molecule has 4 aliphatic carbocycles. The fraction of sp³-hybridized carbons (Fsp3) is 0.634. The molecule has 24 heteroatoms. The number of urea groups is 2. The molecule has 95 heavy (non-hydrogen) atoms. The van der Waals surface area contributed by atoms with Crippen LogP contribution in [0.1, 0.15) is 200 Å². The maximum absolute atomic E-state index is 15.8. The molecule has 8 amide bonds. The first-order valence-corrected chi connectivity index (χ1v) is 35.1. The summed E-state index contributed by atoms with van der Waals surface area (Å²) in [7, 11) is 4.01. The van der Waals surface area contributed by atoms with Gasteiger partial charge in [0.15, 0.2) is 11.6 Å². The van der Waals surface area contributed by atoms with Gasteiger partial charge in [-0.05, 0) is 146 Å². The van der Waals surface area contributed by atoms with Crippen molar-refractivity contribution in [3.63, 3.8) is 0 Å². The van der Waals surface area contributed by atoms with E-state index in [2.05, 4.69) is 51.9 Å². The van der Waals surface area contributed by atoms with Crippen LogP contribution >= 0.6 is 0 Å². The molecule has 0 radical (unpaired) electrons. The summed E-state index contributed by atoms with van der Waals surface area (Å²) in [6, 6.07) is 10.1. The number of hydrogen-bond donors (Lipinski definition) is 6. The zero-order valence-corrected chi connectivity index (χ0v) is 56.8. The molecule has 6 N–H and O–H groups in total. The lowest BCUT2D eigenvalue weighted by Gasteiger charge is -2.36. The number of aryl methyl sites for hydroxylation is 1. The summed E-state index contributed by atoms with van der Waals surface area (Å²) < 4.78 is 34.8. The van der Waals surface area contributed by atoms with Crippen molar-refractivity contribution in [1.82, 2.24) is 60.4 Å². The molecule has 4 heterocycles. The lowest BCUT2D eigenvalue weighted by molar-refractivity contribution is -0.136. The summed E-state index contributed by atoms with van der Waals surface area (Å²) in [5.74, 6) is -4.94. The highest BCUT2D eigenvalue weighted by Gasteiger charge is 2.39. The van der Waals surface area contributed by atoms with Gasteiger partial charge in [0.1, 0.15) is 35.1 Å². The molecule has 10 rings (SSSR count). The number of hydrogen-bond acceptors (Lipinski definition) is 12. The molecule has 2 saturated heterocycles. The molecule has 22 nitrogen and oxygen atoms in total. The molecule has 4 saturated carbocycles. The Bertz CT molecular complexity index is 3280. The smallest absolute Gasteiger partial charge is 0.315 e. The van der Waals surface area contributed by atoms with E-state index in [1.165, 1.54) is 24.3 Å². The normalized spacial score (nSPS) is 19.7. The number of amides is 8. The highest BCUT2D eigenvalue weighted by Crippen LogP contribution is 2.36. The molecule has 2 aromatic heterocycles. The minimum absolute atomic E-state index is 0.00154. The largest absolute Gasteiger partial charge is 0.338 e. The SMILES string of the molecule is CC(C)n1nccc1C(=O)C[C@H](C(=O)Nc1ccc([C@H](C)[C@@H](NC(=O)NC2CC2)C(=O)N2CCN(C)CC2)cc1F)C1CCCCCC1.CCn1nccc1C(=O)C[C@H](C(=O)Nc1ccc([C@H](C)[C@@H](NC(=O)NC2CC2)C(=O)N2CCN(C)CC2)cc1F)C1CCCCCC1. The van der Waals surface area contributed by atoms with Gasteiger partial charge in [-0.15, -0.1) is 0 Å². The Morgan fingerprint density at radius 3 is 1.27 bits per heavy atom. The number of nitrogens with zero attached hydrogens (tertiary/aromatic N) is 8. The maximum atomic E-state index is 15.8. The summed E-state index contributed by atoms with van der Waals surface area (Å²) >= 11 is 0. The van der Waals surface area contributed by atoms with Gasteiger partial charge >= 0.3 is 12.1 Å². The van der Waals surface area contributed by atoms with Gasteiger partial charge in [-0.1, -0.05) is 77.3 Å². The number of halogens is 2. The van der Waals surface area contributed by atoms with E-state index in [0.717, 1.165) is 129 Å². The molecule has 0 bridgehead atoms. The molecular formula is C71H102F2N14O8. The van der Waals surface area contributed by atoms with E-state index in [1.54, 1.807) is 69.7 Å². The first-order chi connectivity index (χ1) is 45.6. The third kappa shape index (κ3) is 19.8. The summed E-state index contributed by atoms with van der Waals surface area (Å²) in [5.41, 5.74) is 2.06. The second kappa shape index (κ2) is 33.9. The molecule has 6 fully saturated rings. The Kier molecular flexibility index (Phi) is 25.6. The molecule has 0 spiro atoms. The molecule has 518 valence electrons. The van der Waals surface area contributed by atoms with E-state index in [4.69, 9.17) is 0 Å². The molecule has 6 aliphatic rings. The number of rotatable bonds is 24. The van der Waals surface area contributed by atoms with Crippen molar-refractivity contribution < 1.29 is 47.1 Å². The first-order valence-electron chi connectivity index (χ1n) is 35.1. The molecular weight excluding hydrogens is 1210 g/mol. The summed E-state index contributed by atoms with van der Waals surface area (Å²) in [6.07, 6.45) is 18.7. The Morgan fingerprint density at radius 2 is 0.895 bits per heavy atom. The van der Waals surface area contributed by atoms with Gasteiger partial charge in [-0.2, -0.15) is 10.2 Å². The monoisotopic (exact) mass is 1320 g/mol. The van der Waals surface area contributed by atoms with E-state index in [9.17, 15) is 38.4 Å². The zero-order chi connectivity index (χ0) is 67.9. The van der Waals surface area contributed by atoms with Crippen LogP contribution < -0.4 is 31.9 Å². The van der Waals surface area contributed by atoms with Gasteiger partial charge in [-0.3, -0.25) is 38.1 Å². The lowest BCUT2D eigenvalue weighted by atomic mass is 9.81. The predicted octanol–water partition coefficient (Wildman–Crippen LogP) is 9.66. The lowest BCUT2D eigenvalue weighted by Crippen LogP contribution is -2.57. The van der Waals surface area contributed by atoms with Crippen LogP contribution in [0.4, 0.5) is 29.7 Å². The third-order valence-electron chi connectivity index (χ3n) is 20.3. The molecule has 4 aromatic rings. The van der Waals surface area contributed by atoms with E-state index in [0.29, 0.717) is 55.2 Å². The topological polar surface area (TPSA) is 257 Å². The van der Waals surface area contributed by atoms with Gasteiger partial charge in [0.2, 0.25) is 23.6 Å². The van der Waals surface area contributed by atoms with Crippen LogP contribution in [0.3, 0.4) is 0 Å². The van der Waals surface area contributed by atoms with E-state index in [1.807, 2.05) is 34.9 Å². The molecule has 0 unspecified atom stereocenters. The Morgan fingerprint density at radius 1 is 0.505 bits per heavy atom. The van der Waals surface area contributed by atoms with Crippen molar-refractivity contribution >= 4 is 58.6 Å². The minimum atomic E-state index is -0.892. The van der Waals surface area contributed by atoms with Crippen molar-refractivity contribution in [3.8, 4) is 0 Å². The van der Waals surface area contributed by atoms with E-state index in [-0.39, 0.29) is 89.4 Å². The molecule has 2 aromatic carbocycles. The van der Waals surface area contributed by atoms with Crippen LogP contribution in [0, 0.1) is 35.3 Å². The highest BCUT2D eigenvalue weighted by atomic mass is 19.1. The highest BCUT2D eigenvalue weighted by molar-refractivity contribution is 6.01. The van der Waals surface area contributed by atoms with Crippen LogP contribution in [0.5, 0.6) is 0 Å². The predicted molar refractivity (Wildman–Crippen MR) is 360 cm³/mol. The number of piperazine rings is 2. The minimum Gasteiger partial charge on any atom is -0.338 e. The van der Waals surface area contributed by atoms with E-state index < -0.39 is 59.5 Å². The van der Waals surface area contributed by atoms with Gasteiger partial charge in [-0.25, -0.2) is 18.4 Å². The van der Waals surface area contributed by atoms with Crippen LogP contribution in [0.2, 0.25) is 0 Å². The Balaban J connectivity index is 0.000000223. The fourth-order valence-electron chi connectivity index (χ4n) is 13.9. The van der Waals surface area contributed by atoms with Gasteiger partial charge in [0, 0.05) is 126 Å². The van der Waals surface area contributed by atoms with Gasteiger partial charge in [0.25, 0.3) is 0 Å². The number of ketones is 2. The molecule has 6 atom stereocenters. The van der Waals surface area contributed by atoms with Crippen molar-refractivity contribution in [2.45, 2.75) is 199 Å². The number of Topliss-reactive ketones (excluding diaryl/α,β-unsaturated/α-hetero) is 2. The van der Waals surface area contributed by atoms with Gasteiger partial charge in [0.05, 0.1) is 11.4 Å². The number of carbonyl (C=O) groups is 8. The van der Waals surface area contributed by atoms with Gasteiger partial charge < -0.3 is 51.5 Å². The number of nitrogens with one attached hydrogen (secondary N) is 6. The number of carbonyl (C=O) groups excluding carboxylic acids is 8. The second-order valence-electron chi connectivity index (χ2n) is 27.8. The molecule has 2 aliphatic heterocycles. The first kappa shape index (κ1) is 71.7. The fourth-order valence-corrected chi connectivity index (χ4v) is 13.9. The Labute approximate surface area is 558 Å². The van der Waals surface area contributed by atoms with Crippen LogP contribution in [-0.4, -0.2) is 177 Å². The second-order valence-corrected chi connectivity index (χ2v) is 27.8. The average Bonchev–Trinajstić information content (AvgIpc) is 1.46. The van der Waals surface area contributed by atoms with E-state index >= 15 is 8.78 Å². The Hall–Kier alpha value is -7.60. The third-order valence-corrected chi connectivity index (χ3v) is 20.3. The van der Waals surface area contributed by atoms with Crippen molar-refractivity contribution in [2.24, 2.45) is 23.7 Å². The summed E-state index contributed by atoms with van der Waals surface area (Å²) in [5, 5.41) is 25.6. The van der Waals surface area contributed by atoms with Crippen molar-refractivity contribution in [3.05, 3.63) is 95.1 Å². The summed E-state index contributed by atoms with van der Waals surface area (Å²) in [4.78, 5) is 115. The zero-order valence-electron chi connectivity index (χ0n) is 56.8. The van der Waals surface area contributed by atoms with Crippen molar-refractivity contribution in [1.29, 1.82) is 0 Å². The summed E-state index contributed by atoms with van der Waals surface area (Å²) in [6.45, 7) is 15.1. The maximum Gasteiger partial charge on any atom is 0.315 e. The number of aromatic nitrogens is 4. The van der Waals surface area contributed by atoms with Crippen LogP contribution in [0.25, 0.3) is 0 Å².